The van der Waals surface area contributed by atoms with E-state index in [1.165, 1.54) is 5.56 Å². The Balaban J connectivity index is 1.39. The molecule has 3 atom stereocenters. The molecule has 5 heteroatoms. The number of pyridine rings is 1. The van der Waals surface area contributed by atoms with E-state index in [2.05, 4.69) is 27.3 Å². The van der Waals surface area contributed by atoms with Crippen molar-refractivity contribution in [3.8, 4) is 0 Å². The number of aromatic nitrogens is 1. The molecule has 0 radical (unpaired) electrons. The zero-order valence-corrected chi connectivity index (χ0v) is 14.6. The highest BCUT2D eigenvalue weighted by Gasteiger charge is 2.59. The summed E-state index contributed by atoms with van der Waals surface area (Å²) < 4.78 is 0. The minimum atomic E-state index is -0.567. The molecule has 5 nitrogen and oxygen atoms in total. The molecule has 3 heterocycles. The molecule has 3 aliphatic rings. The Morgan fingerprint density at radius 2 is 1.92 bits per heavy atom. The number of benzene rings is 1. The van der Waals surface area contributed by atoms with E-state index in [0.717, 1.165) is 43.9 Å². The smallest absolute Gasteiger partial charge is 0.253 e. The maximum Gasteiger partial charge on any atom is 0.253 e. The van der Waals surface area contributed by atoms with Gasteiger partial charge < -0.3 is 5.32 Å². The van der Waals surface area contributed by atoms with Gasteiger partial charge in [0, 0.05) is 43.5 Å². The molecular formula is C21H22N4O. The van der Waals surface area contributed by atoms with Crippen LogP contribution < -0.4 is 5.32 Å². The predicted octanol–water partition coefficient (Wildman–Crippen LogP) is 2.24. The summed E-state index contributed by atoms with van der Waals surface area (Å²) in [7, 11) is 0. The van der Waals surface area contributed by atoms with Crippen molar-refractivity contribution in [2.75, 3.05) is 13.1 Å². The van der Waals surface area contributed by atoms with Crippen LogP contribution in [0.2, 0.25) is 0 Å². The van der Waals surface area contributed by atoms with Gasteiger partial charge in [-0.1, -0.05) is 30.3 Å². The molecule has 0 unspecified atom stereocenters. The van der Waals surface area contributed by atoms with Crippen molar-refractivity contribution in [1.82, 2.24) is 15.2 Å². The average Bonchev–Trinajstić information content (AvgIpc) is 3.33. The minimum absolute atomic E-state index is 0.0922. The zero-order chi connectivity index (χ0) is 17.6. The summed E-state index contributed by atoms with van der Waals surface area (Å²) in [6, 6.07) is 14.1. The standard InChI is InChI=1S/C21H22N4O/c26-20-21(24-19(23-20)16-4-2-1-3-5-16)9-6-17-13-25(14-18(17)21)12-15-7-10-22-11-8-15/h1-5,7-8,10-11,17-18H,6,9,12-14H2,(H,23,24,26)/t17-,18+,21-/m0/s1. The van der Waals surface area contributed by atoms with Gasteiger partial charge in [-0.3, -0.25) is 19.7 Å². The van der Waals surface area contributed by atoms with Crippen LogP contribution in [0.25, 0.3) is 0 Å². The van der Waals surface area contributed by atoms with Gasteiger partial charge in [-0.05, 0) is 36.5 Å². The number of hydrogen-bond acceptors (Lipinski definition) is 4. The normalized spacial score (nSPS) is 30.5. The summed E-state index contributed by atoms with van der Waals surface area (Å²) in [5, 5.41) is 3.06. The van der Waals surface area contributed by atoms with E-state index in [4.69, 9.17) is 4.99 Å². The quantitative estimate of drug-likeness (QED) is 0.927. The summed E-state index contributed by atoms with van der Waals surface area (Å²) >= 11 is 0. The monoisotopic (exact) mass is 346 g/mol. The lowest BCUT2D eigenvalue weighted by atomic mass is 9.85. The third kappa shape index (κ3) is 2.46. The van der Waals surface area contributed by atoms with Crippen LogP contribution in [0.15, 0.2) is 59.9 Å². The first-order chi connectivity index (χ1) is 12.7. The van der Waals surface area contributed by atoms with Crippen molar-refractivity contribution in [2.24, 2.45) is 16.8 Å². The third-order valence-corrected chi connectivity index (χ3v) is 6.17. The minimum Gasteiger partial charge on any atom is -0.308 e. The van der Waals surface area contributed by atoms with Crippen molar-refractivity contribution < 1.29 is 4.79 Å². The number of nitrogens with zero attached hydrogens (tertiary/aromatic N) is 3. The molecule has 1 saturated carbocycles. The SMILES string of the molecule is O=C1NC(c2ccccc2)=N[C@]12CC[C@H]1CN(Cc3ccncc3)C[C@H]12. The Bertz CT molecular complexity index is 851. The van der Waals surface area contributed by atoms with Crippen LogP contribution in [-0.4, -0.2) is 40.3 Å². The summed E-state index contributed by atoms with van der Waals surface area (Å²) in [4.78, 5) is 24.5. The van der Waals surface area contributed by atoms with Crippen LogP contribution in [0, 0.1) is 11.8 Å². The molecule has 1 spiro atoms. The molecule has 0 bridgehead atoms. The zero-order valence-electron chi connectivity index (χ0n) is 14.6. The molecule has 2 aliphatic heterocycles. The van der Waals surface area contributed by atoms with Gasteiger partial charge in [-0.2, -0.15) is 0 Å². The lowest BCUT2D eigenvalue weighted by Gasteiger charge is -2.25. The molecule has 2 aromatic rings. The lowest BCUT2D eigenvalue weighted by molar-refractivity contribution is -0.125. The van der Waals surface area contributed by atoms with Gasteiger partial charge in [0.1, 0.15) is 11.4 Å². The number of carbonyl (C=O) groups excluding carboxylic acids is 1. The van der Waals surface area contributed by atoms with Gasteiger partial charge in [0.25, 0.3) is 5.91 Å². The van der Waals surface area contributed by atoms with E-state index in [0.29, 0.717) is 11.8 Å². The van der Waals surface area contributed by atoms with Gasteiger partial charge in [0.05, 0.1) is 0 Å². The Morgan fingerprint density at radius 3 is 2.73 bits per heavy atom. The predicted molar refractivity (Wildman–Crippen MR) is 99.6 cm³/mol. The lowest BCUT2D eigenvalue weighted by Crippen LogP contribution is -2.44. The Morgan fingerprint density at radius 1 is 1.12 bits per heavy atom. The number of aliphatic imine (C=N–C) groups is 1. The number of hydrogen-bond donors (Lipinski definition) is 1. The number of fused-ring (bicyclic) bond motifs is 2. The van der Waals surface area contributed by atoms with Crippen molar-refractivity contribution in [2.45, 2.75) is 24.9 Å². The fourth-order valence-electron chi connectivity index (χ4n) is 4.91. The second-order valence-corrected chi connectivity index (χ2v) is 7.66. The molecule has 1 aromatic heterocycles. The van der Waals surface area contributed by atoms with E-state index >= 15 is 0 Å². The maximum absolute atomic E-state index is 12.9. The number of carbonyl (C=O) groups is 1. The average molecular weight is 346 g/mol. The first-order valence-electron chi connectivity index (χ1n) is 9.32. The number of amidine groups is 1. The number of rotatable bonds is 3. The van der Waals surface area contributed by atoms with Crippen molar-refractivity contribution in [1.29, 1.82) is 0 Å². The van der Waals surface area contributed by atoms with Crippen LogP contribution in [0.3, 0.4) is 0 Å². The van der Waals surface area contributed by atoms with Gasteiger partial charge in [-0.15, -0.1) is 0 Å². The fourth-order valence-corrected chi connectivity index (χ4v) is 4.91. The van der Waals surface area contributed by atoms with Crippen LogP contribution in [0.5, 0.6) is 0 Å². The third-order valence-electron chi connectivity index (χ3n) is 6.17. The number of nitrogens with one attached hydrogen (secondary N) is 1. The molecule has 1 aliphatic carbocycles. The van der Waals surface area contributed by atoms with E-state index in [1.807, 2.05) is 42.7 Å². The summed E-state index contributed by atoms with van der Waals surface area (Å²) in [5.74, 6) is 1.70. The van der Waals surface area contributed by atoms with Crippen molar-refractivity contribution in [3.05, 3.63) is 66.0 Å². The van der Waals surface area contributed by atoms with Crippen LogP contribution >= 0.6 is 0 Å². The second kappa shape index (κ2) is 6.02. The summed E-state index contributed by atoms with van der Waals surface area (Å²) in [6.45, 7) is 2.91. The van der Waals surface area contributed by atoms with E-state index in [9.17, 15) is 4.79 Å². The molecule has 132 valence electrons. The summed E-state index contributed by atoms with van der Waals surface area (Å²) in [6.07, 6.45) is 5.63. The Hall–Kier alpha value is -2.53. The first-order valence-corrected chi connectivity index (χ1v) is 9.32. The van der Waals surface area contributed by atoms with E-state index in [-0.39, 0.29) is 5.91 Å². The van der Waals surface area contributed by atoms with Crippen LogP contribution in [0.1, 0.15) is 24.0 Å². The molecule has 1 saturated heterocycles. The fraction of sp³-hybridized carbons (Fsp3) is 0.381. The van der Waals surface area contributed by atoms with Gasteiger partial charge in [-0.25, -0.2) is 0 Å². The second-order valence-electron chi connectivity index (χ2n) is 7.66. The van der Waals surface area contributed by atoms with Crippen molar-refractivity contribution in [3.63, 3.8) is 0 Å². The molecule has 1 aromatic carbocycles. The number of amides is 1. The van der Waals surface area contributed by atoms with Gasteiger partial charge >= 0.3 is 0 Å². The van der Waals surface area contributed by atoms with E-state index in [1.54, 1.807) is 0 Å². The van der Waals surface area contributed by atoms with Crippen LogP contribution in [-0.2, 0) is 11.3 Å². The molecule has 26 heavy (non-hydrogen) atoms. The maximum atomic E-state index is 12.9. The molecule has 1 amide bonds. The van der Waals surface area contributed by atoms with Crippen LogP contribution in [0.4, 0.5) is 0 Å². The Labute approximate surface area is 153 Å². The highest BCUT2D eigenvalue weighted by molar-refractivity contribution is 6.15. The first kappa shape index (κ1) is 15.7. The van der Waals surface area contributed by atoms with Gasteiger partial charge in [0.2, 0.25) is 0 Å². The molecule has 5 rings (SSSR count). The van der Waals surface area contributed by atoms with E-state index < -0.39 is 5.54 Å². The van der Waals surface area contributed by atoms with Crippen molar-refractivity contribution >= 4 is 11.7 Å². The molecular weight excluding hydrogens is 324 g/mol. The number of likely N-dealkylation sites (tertiary alicyclic amines) is 1. The highest BCUT2D eigenvalue weighted by Crippen LogP contribution is 2.49. The topological polar surface area (TPSA) is 57.6 Å². The summed E-state index contributed by atoms with van der Waals surface area (Å²) in [5.41, 5.74) is 1.70. The highest BCUT2D eigenvalue weighted by atomic mass is 16.2. The molecule has 2 fully saturated rings. The van der Waals surface area contributed by atoms with Gasteiger partial charge in [0.15, 0.2) is 0 Å². The molecule has 1 N–H and O–H groups in total. The largest absolute Gasteiger partial charge is 0.308 e. The Kier molecular flexibility index (Phi) is 3.64.